The van der Waals surface area contributed by atoms with Gasteiger partial charge >= 0.3 is 0 Å². The molecular weight excluding hydrogens is 333 g/mol. The zero-order valence-electron chi connectivity index (χ0n) is 12.5. The number of benzene rings is 1. The van der Waals surface area contributed by atoms with E-state index in [0.29, 0.717) is 12.1 Å². The first-order valence-corrected chi connectivity index (χ1v) is 9.13. The maximum absolute atomic E-state index is 12.2. The third-order valence-corrected chi connectivity index (χ3v) is 4.66. The van der Waals surface area contributed by atoms with Crippen molar-refractivity contribution in [3.05, 3.63) is 28.3 Å². The van der Waals surface area contributed by atoms with Gasteiger partial charge in [0, 0.05) is 27.8 Å². The summed E-state index contributed by atoms with van der Waals surface area (Å²) in [6.07, 6.45) is 0.805. The first-order chi connectivity index (χ1) is 9.42. The molecule has 0 radical (unpaired) electrons. The van der Waals surface area contributed by atoms with E-state index in [-0.39, 0.29) is 26.8 Å². The summed E-state index contributed by atoms with van der Waals surface area (Å²) >= 11 is 5.88. The smallest absolute Gasteiger partial charge is 0.261 e. The molecule has 0 aliphatic carbocycles. The van der Waals surface area contributed by atoms with Crippen molar-refractivity contribution in [1.29, 1.82) is 0 Å². The molecule has 0 fully saturated rings. The minimum atomic E-state index is -3.95. The van der Waals surface area contributed by atoms with E-state index in [1.165, 1.54) is 19.1 Å². The van der Waals surface area contributed by atoms with E-state index in [1.807, 2.05) is 0 Å². The Balaban J connectivity index is 3.03. The Kier molecular flexibility index (Phi) is 5.69. The molecule has 118 valence electrons. The summed E-state index contributed by atoms with van der Waals surface area (Å²) in [6, 6.07) is 2.68. The van der Waals surface area contributed by atoms with Crippen molar-refractivity contribution in [2.24, 2.45) is 5.41 Å². The van der Waals surface area contributed by atoms with Gasteiger partial charge in [0.2, 0.25) is 0 Å². The van der Waals surface area contributed by atoms with Gasteiger partial charge in [-0.1, -0.05) is 32.4 Å². The first-order valence-electron chi connectivity index (χ1n) is 6.45. The van der Waals surface area contributed by atoms with Crippen LogP contribution in [-0.2, 0) is 9.05 Å². The maximum Gasteiger partial charge on any atom is 0.261 e. The van der Waals surface area contributed by atoms with Crippen LogP contribution in [0.25, 0.3) is 0 Å². The van der Waals surface area contributed by atoms with Crippen molar-refractivity contribution in [2.45, 2.75) is 39.0 Å². The van der Waals surface area contributed by atoms with Crippen LogP contribution in [0.2, 0.25) is 5.02 Å². The number of nitrogens with one attached hydrogen (secondary N) is 1. The van der Waals surface area contributed by atoms with Gasteiger partial charge in [-0.25, -0.2) is 8.42 Å². The minimum absolute atomic E-state index is 0.0985. The highest BCUT2D eigenvalue weighted by atomic mass is 35.7. The zero-order valence-corrected chi connectivity index (χ0v) is 14.8. The number of carbonyl (C=O) groups is 1. The predicted molar refractivity (Wildman–Crippen MR) is 85.6 cm³/mol. The normalized spacial score (nSPS) is 12.3. The Morgan fingerprint density at radius 2 is 1.86 bits per heavy atom. The first kappa shape index (κ1) is 18.3. The Bertz CT molecular complexity index is 649. The van der Waals surface area contributed by atoms with Crippen LogP contribution in [0.3, 0.4) is 0 Å². The van der Waals surface area contributed by atoms with E-state index in [2.05, 4.69) is 26.1 Å². The second-order valence-electron chi connectivity index (χ2n) is 6.08. The summed E-state index contributed by atoms with van der Waals surface area (Å²) in [5.41, 5.74) is 0.611. The summed E-state index contributed by atoms with van der Waals surface area (Å²) in [6.45, 7) is 8.24. The third-order valence-electron chi connectivity index (χ3n) is 2.99. The predicted octanol–water partition coefficient (Wildman–Crippen LogP) is 3.74. The Labute approximate surface area is 135 Å². The highest BCUT2D eigenvalue weighted by Crippen LogP contribution is 2.27. The van der Waals surface area contributed by atoms with Gasteiger partial charge in [-0.3, -0.25) is 4.79 Å². The van der Waals surface area contributed by atoms with Crippen LogP contribution in [0.4, 0.5) is 0 Å². The molecule has 0 spiro atoms. The number of hydrogen-bond donors (Lipinski definition) is 1. The number of halogens is 2. The molecule has 21 heavy (non-hydrogen) atoms. The van der Waals surface area contributed by atoms with Crippen LogP contribution in [0.1, 0.15) is 43.1 Å². The van der Waals surface area contributed by atoms with Crippen molar-refractivity contribution in [3.63, 3.8) is 0 Å². The number of carbonyl (C=O) groups excluding carboxylic acids is 1. The van der Waals surface area contributed by atoms with Gasteiger partial charge in [0.25, 0.3) is 15.0 Å². The summed E-state index contributed by atoms with van der Waals surface area (Å²) in [4.78, 5) is 12.0. The van der Waals surface area contributed by atoms with Gasteiger partial charge in [-0.15, -0.1) is 0 Å². The van der Waals surface area contributed by atoms with Gasteiger partial charge in [0.1, 0.15) is 0 Å². The lowest BCUT2D eigenvalue weighted by Gasteiger charge is -2.18. The van der Waals surface area contributed by atoms with Crippen LogP contribution in [0.5, 0.6) is 0 Å². The molecule has 1 rings (SSSR count). The second kappa shape index (κ2) is 6.55. The van der Waals surface area contributed by atoms with E-state index in [1.54, 1.807) is 0 Å². The number of amides is 1. The van der Waals surface area contributed by atoms with Crippen molar-refractivity contribution < 1.29 is 13.2 Å². The molecule has 0 saturated heterocycles. The van der Waals surface area contributed by atoms with Gasteiger partial charge in [-0.2, -0.15) is 0 Å². The highest BCUT2D eigenvalue weighted by molar-refractivity contribution is 8.13. The minimum Gasteiger partial charge on any atom is -0.352 e. The number of rotatable bonds is 4. The SMILES string of the molecule is Cc1c(C(=O)NCCC(C)(C)C)cc(Cl)cc1S(=O)(=O)Cl. The van der Waals surface area contributed by atoms with E-state index < -0.39 is 9.05 Å². The van der Waals surface area contributed by atoms with Crippen LogP contribution in [0, 0.1) is 12.3 Å². The van der Waals surface area contributed by atoms with Crippen LogP contribution in [0.15, 0.2) is 17.0 Å². The lowest BCUT2D eigenvalue weighted by molar-refractivity contribution is 0.0948. The summed E-state index contributed by atoms with van der Waals surface area (Å²) in [7, 11) is 1.41. The molecule has 0 saturated carbocycles. The fraction of sp³-hybridized carbons (Fsp3) is 0.500. The fourth-order valence-corrected chi connectivity index (χ4v) is 3.30. The van der Waals surface area contributed by atoms with Crippen molar-refractivity contribution in [1.82, 2.24) is 5.32 Å². The van der Waals surface area contributed by atoms with Crippen molar-refractivity contribution in [2.75, 3.05) is 6.54 Å². The lowest BCUT2D eigenvalue weighted by atomic mass is 9.92. The van der Waals surface area contributed by atoms with Crippen molar-refractivity contribution >= 4 is 37.2 Å². The van der Waals surface area contributed by atoms with E-state index in [0.717, 1.165) is 6.42 Å². The van der Waals surface area contributed by atoms with Gasteiger partial charge in [0.05, 0.1) is 4.90 Å². The summed E-state index contributed by atoms with van der Waals surface area (Å²) in [5.74, 6) is -0.360. The molecule has 1 aromatic rings. The van der Waals surface area contributed by atoms with Gasteiger partial charge in [0.15, 0.2) is 0 Å². The second-order valence-corrected chi connectivity index (χ2v) is 9.05. The molecule has 0 aliphatic rings. The zero-order chi connectivity index (χ0) is 16.4. The van der Waals surface area contributed by atoms with Crippen LogP contribution >= 0.6 is 22.3 Å². The number of hydrogen-bond acceptors (Lipinski definition) is 3. The molecule has 0 bridgehead atoms. The van der Waals surface area contributed by atoms with Crippen LogP contribution in [-0.4, -0.2) is 20.9 Å². The molecule has 0 aromatic heterocycles. The van der Waals surface area contributed by atoms with Gasteiger partial charge in [-0.05, 0) is 36.5 Å². The summed E-state index contributed by atoms with van der Waals surface area (Å²) < 4.78 is 23.0. The highest BCUT2D eigenvalue weighted by Gasteiger charge is 2.21. The molecule has 1 aromatic carbocycles. The van der Waals surface area contributed by atoms with Crippen LogP contribution < -0.4 is 5.32 Å². The molecule has 0 atom stereocenters. The maximum atomic E-state index is 12.2. The Hall–Kier alpha value is -0.780. The monoisotopic (exact) mass is 351 g/mol. The van der Waals surface area contributed by atoms with Crippen molar-refractivity contribution in [3.8, 4) is 0 Å². The Morgan fingerprint density at radius 1 is 1.29 bits per heavy atom. The van der Waals surface area contributed by atoms with E-state index in [4.69, 9.17) is 22.3 Å². The third kappa shape index (κ3) is 5.49. The molecule has 1 N–H and O–H groups in total. The molecule has 0 heterocycles. The Morgan fingerprint density at radius 3 is 2.33 bits per heavy atom. The molecular formula is C14H19Cl2NO3S. The summed E-state index contributed by atoms with van der Waals surface area (Å²) in [5, 5.41) is 2.92. The average molecular weight is 352 g/mol. The molecule has 0 unspecified atom stereocenters. The average Bonchev–Trinajstić information content (AvgIpc) is 2.28. The van der Waals surface area contributed by atoms with E-state index in [9.17, 15) is 13.2 Å². The topological polar surface area (TPSA) is 63.2 Å². The molecule has 1 amide bonds. The quantitative estimate of drug-likeness (QED) is 0.840. The van der Waals surface area contributed by atoms with E-state index >= 15 is 0 Å². The fourth-order valence-electron chi connectivity index (χ4n) is 1.79. The molecule has 4 nitrogen and oxygen atoms in total. The lowest BCUT2D eigenvalue weighted by Crippen LogP contribution is -2.28. The largest absolute Gasteiger partial charge is 0.352 e. The molecule has 0 aliphatic heterocycles. The van der Waals surface area contributed by atoms with Gasteiger partial charge < -0.3 is 5.32 Å². The standard InChI is InChI=1S/C14H19Cl2NO3S/c1-9-11(13(18)17-6-5-14(2,3)4)7-10(15)8-12(9)21(16,19)20/h7-8H,5-6H2,1-4H3,(H,17,18). The molecule has 7 heteroatoms.